The zero-order valence-corrected chi connectivity index (χ0v) is 18.4. The Balaban J connectivity index is 1.58. The van der Waals surface area contributed by atoms with Gasteiger partial charge in [-0.1, -0.05) is 42.5 Å². The van der Waals surface area contributed by atoms with Gasteiger partial charge in [-0.15, -0.1) is 11.3 Å². The third kappa shape index (κ3) is 3.80. The normalized spacial score (nSPS) is 11.1. The van der Waals surface area contributed by atoms with Gasteiger partial charge >= 0.3 is 11.9 Å². The van der Waals surface area contributed by atoms with Gasteiger partial charge in [0, 0.05) is 11.8 Å². The molecule has 168 valence electrons. The van der Waals surface area contributed by atoms with E-state index in [9.17, 15) is 24.6 Å². The number of carboxylic acid groups (broad SMARTS) is 2. The number of pyridine rings is 2. The van der Waals surface area contributed by atoms with E-state index in [0.717, 1.165) is 16.9 Å². The van der Waals surface area contributed by atoms with Crippen LogP contribution in [0.15, 0.2) is 83.8 Å². The maximum Gasteiger partial charge on any atom is 0.345 e. The van der Waals surface area contributed by atoms with E-state index in [1.807, 2.05) is 30.3 Å². The smallest absolute Gasteiger partial charge is 0.345 e. The lowest BCUT2D eigenvalue weighted by atomic mass is 10.0. The SMILES string of the molecule is O=C(O)c1cc2ccn3c(=O)c(-c4ccc(OCc5ccccc5)cc4)cc(C(=O)O)c3c2s1. The molecule has 0 saturated carbocycles. The van der Waals surface area contributed by atoms with Crippen molar-refractivity contribution in [3.05, 3.63) is 105 Å². The Morgan fingerprint density at radius 3 is 2.32 bits per heavy atom. The maximum absolute atomic E-state index is 13.3. The topological polar surface area (TPSA) is 105 Å². The summed E-state index contributed by atoms with van der Waals surface area (Å²) in [5, 5.41) is 19.8. The van der Waals surface area contributed by atoms with Gasteiger partial charge in [-0.25, -0.2) is 9.59 Å². The highest BCUT2D eigenvalue weighted by atomic mass is 32.1. The number of ether oxygens (including phenoxy) is 1. The van der Waals surface area contributed by atoms with Crippen LogP contribution in [0.1, 0.15) is 25.6 Å². The molecule has 5 aromatic rings. The third-order valence-electron chi connectivity index (χ3n) is 5.47. The first-order chi connectivity index (χ1) is 16.4. The van der Waals surface area contributed by atoms with Crippen molar-refractivity contribution in [2.75, 3.05) is 0 Å². The molecule has 0 amide bonds. The minimum Gasteiger partial charge on any atom is -0.489 e. The number of aromatic nitrogens is 1. The monoisotopic (exact) mass is 471 g/mol. The van der Waals surface area contributed by atoms with Gasteiger partial charge in [0.1, 0.15) is 17.2 Å². The summed E-state index contributed by atoms with van der Waals surface area (Å²) in [7, 11) is 0. The van der Waals surface area contributed by atoms with E-state index in [1.54, 1.807) is 30.3 Å². The molecule has 0 bridgehead atoms. The molecule has 0 spiro atoms. The van der Waals surface area contributed by atoms with E-state index in [-0.39, 0.29) is 21.5 Å². The highest BCUT2D eigenvalue weighted by Crippen LogP contribution is 2.32. The van der Waals surface area contributed by atoms with E-state index in [1.165, 1.54) is 22.7 Å². The van der Waals surface area contributed by atoms with E-state index < -0.39 is 17.5 Å². The van der Waals surface area contributed by atoms with Gasteiger partial charge in [-0.2, -0.15) is 0 Å². The fraction of sp³-hybridized carbons (Fsp3) is 0.0385. The van der Waals surface area contributed by atoms with Crippen LogP contribution in [-0.2, 0) is 6.61 Å². The maximum atomic E-state index is 13.3. The Labute approximate surface area is 196 Å². The lowest BCUT2D eigenvalue weighted by Crippen LogP contribution is -2.18. The average Bonchev–Trinajstić information content (AvgIpc) is 3.29. The summed E-state index contributed by atoms with van der Waals surface area (Å²) in [5.74, 6) is -1.70. The molecule has 0 aliphatic rings. The molecule has 5 rings (SSSR count). The van der Waals surface area contributed by atoms with Crippen LogP contribution in [0.2, 0.25) is 0 Å². The Hall–Kier alpha value is -4.43. The number of rotatable bonds is 6. The van der Waals surface area contributed by atoms with Crippen LogP contribution < -0.4 is 10.3 Å². The molecular weight excluding hydrogens is 454 g/mol. The highest BCUT2D eigenvalue weighted by Gasteiger charge is 2.20. The molecule has 2 N–H and O–H groups in total. The summed E-state index contributed by atoms with van der Waals surface area (Å²) < 4.78 is 7.49. The zero-order valence-electron chi connectivity index (χ0n) is 17.6. The highest BCUT2D eigenvalue weighted by molar-refractivity contribution is 7.21. The molecule has 0 aliphatic carbocycles. The standard InChI is InChI=1S/C26H17NO6S/c28-24-19(16-6-8-18(9-7-16)33-14-15-4-2-1-3-5-15)13-20(25(29)30)22-23-17(10-11-27(22)24)12-21(34-23)26(31)32/h1-13H,14H2,(H,29,30)(H,31,32). The predicted molar refractivity (Wildman–Crippen MR) is 129 cm³/mol. The van der Waals surface area contributed by atoms with Crippen molar-refractivity contribution in [2.45, 2.75) is 6.61 Å². The second-order valence-corrected chi connectivity index (χ2v) is 8.67. The van der Waals surface area contributed by atoms with Crippen molar-refractivity contribution >= 4 is 38.9 Å². The van der Waals surface area contributed by atoms with E-state index in [4.69, 9.17) is 4.74 Å². The molecule has 3 aromatic heterocycles. The number of hydrogen-bond acceptors (Lipinski definition) is 5. The van der Waals surface area contributed by atoms with Crippen molar-refractivity contribution in [2.24, 2.45) is 0 Å². The molecule has 0 unspecified atom stereocenters. The molecule has 0 aliphatic heterocycles. The number of hydrogen-bond donors (Lipinski definition) is 2. The lowest BCUT2D eigenvalue weighted by Gasteiger charge is -2.11. The van der Waals surface area contributed by atoms with Crippen LogP contribution in [0.25, 0.3) is 26.7 Å². The van der Waals surface area contributed by atoms with E-state index in [2.05, 4.69) is 0 Å². The minimum absolute atomic E-state index is 0.0713. The molecule has 8 heteroatoms. The first kappa shape index (κ1) is 21.4. The quantitative estimate of drug-likeness (QED) is 0.355. The second-order valence-electron chi connectivity index (χ2n) is 7.62. The summed E-state index contributed by atoms with van der Waals surface area (Å²) >= 11 is 0.943. The molecule has 0 radical (unpaired) electrons. The fourth-order valence-electron chi connectivity index (χ4n) is 3.83. The van der Waals surface area contributed by atoms with Crippen molar-refractivity contribution in [1.82, 2.24) is 4.40 Å². The molecule has 7 nitrogen and oxygen atoms in total. The molecule has 34 heavy (non-hydrogen) atoms. The number of carboxylic acids is 2. The summed E-state index contributed by atoms with van der Waals surface area (Å²) in [6, 6.07) is 21.0. The van der Waals surface area contributed by atoms with Crippen molar-refractivity contribution in [1.29, 1.82) is 0 Å². The first-order valence-corrected chi connectivity index (χ1v) is 11.1. The van der Waals surface area contributed by atoms with Crippen LogP contribution in [0, 0.1) is 0 Å². The number of nitrogens with zero attached hydrogens (tertiary/aromatic N) is 1. The summed E-state index contributed by atoms with van der Waals surface area (Å²) in [6.45, 7) is 0.400. The van der Waals surface area contributed by atoms with Crippen molar-refractivity contribution in [3.8, 4) is 16.9 Å². The van der Waals surface area contributed by atoms with Crippen molar-refractivity contribution < 1.29 is 24.5 Å². The average molecular weight is 471 g/mol. The van der Waals surface area contributed by atoms with Crippen LogP contribution in [-0.4, -0.2) is 26.6 Å². The number of thiophene rings is 1. The van der Waals surface area contributed by atoms with Crippen LogP contribution in [0.5, 0.6) is 5.75 Å². The molecule has 3 heterocycles. The second kappa shape index (κ2) is 8.49. The predicted octanol–water partition coefficient (Wildman–Crippen LogP) is 5.16. The molecule has 2 aromatic carbocycles. The van der Waals surface area contributed by atoms with Crippen molar-refractivity contribution in [3.63, 3.8) is 0 Å². The number of benzene rings is 2. The summed E-state index contributed by atoms with van der Waals surface area (Å²) in [5.41, 5.74) is 1.49. The van der Waals surface area contributed by atoms with Gasteiger partial charge < -0.3 is 14.9 Å². The van der Waals surface area contributed by atoms with Crippen LogP contribution >= 0.6 is 11.3 Å². The Bertz CT molecular complexity index is 1620. The molecule has 0 saturated heterocycles. The molecular formula is C26H17NO6S. The Morgan fingerprint density at radius 1 is 0.912 bits per heavy atom. The van der Waals surface area contributed by atoms with E-state index in [0.29, 0.717) is 28.0 Å². The first-order valence-electron chi connectivity index (χ1n) is 10.3. The summed E-state index contributed by atoms with van der Waals surface area (Å²) in [4.78, 5) is 36.9. The fourth-order valence-corrected chi connectivity index (χ4v) is 4.87. The molecule has 0 atom stereocenters. The minimum atomic E-state index is -1.21. The van der Waals surface area contributed by atoms with Gasteiger partial charge in [0.2, 0.25) is 0 Å². The number of carbonyl (C=O) groups is 2. The van der Waals surface area contributed by atoms with Gasteiger partial charge in [-0.3, -0.25) is 9.20 Å². The van der Waals surface area contributed by atoms with E-state index >= 15 is 0 Å². The Kier molecular flexibility index (Phi) is 5.35. The van der Waals surface area contributed by atoms with Gasteiger partial charge in [-0.05, 0) is 46.8 Å². The van der Waals surface area contributed by atoms with Gasteiger partial charge in [0.25, 0.3) is 5.56 Å². The largest absolute Gasteiger partial charge is 0.489 e. The van der Waals surface area contributed by atoms with Crippen LogP contribution in [0.3, 0.4) is 0 Å². The van der Waals surface area contributed by atoms with Gasteiger partial charge in [0.05, 0.1) is 15.8 Å². The molecule has 0 fully saturated rings. The van der Waals surface area contributed by atoms with Gasteiger partial charge in [0.15, 0.2) is 0 Å². The Morgan fingerprint density at radius 2 is 1.65 bits per heavy atom. The summed E-state index contributed by atoms with van der Waals surface area (Å²) in [6.07, 6.45) is 1.48. The third-order valence-corrected chi connectivity index (χ3v) is 6.61. The zero-order chi connectivity index (χ0) is 23.8. The van der Waals surface area contributed by atoms with Crippen LogP contribution in [0.4, 0.5) is 0 Å². The number of aromatic carboxylic acids is 2. The lowest BCUT2D eigenvalue weighted by molar-refractivity contribution is 0.0689. The number of fused-ring (bicyclic) bond motifs is 3.